The second-order valence-electron chi connectivity index (χ2n) is 5.42. The van der Waals surface area contributed by atoms with Gasteiger partial charge < -0.3 is 4.57 Å². The van der Waals surface area contributed by atoms with Crippen molar-refractivity contribution in [3.63, 3.8) is 0 Å². The quantitative estimate of drug-likeness (QED) is 0.487. The molecule has 0 aliphatic carbocycles. The predicted molar refractivity (Wildman–Crippen MR) is 88.1 cm³/mol. The maximum Gasteiger partial charge on any atom is 0.0712 e. The van der Waals surface area contributed by atoms with Crippen molar-refractivity contribution in [1.82, 2.24) is 9.55 Å². The molecular formula is C19H16N2. The monoisotopic (exact) mass is 272 g/mol. The molecule has 21 heavy (non-hydrogen) atoms. The summed E-state index contributed by atoms with van der Waals surface area (Å²) in [6, 6.07) is 18.8. The molecular weight excluding hydrogens is 256 g/mol. The van der Waals surface area contributed by atoms with E-state index in [1.165, 1.54) is 27.5 Å². The van der Waals surface area contributed by atoms with Gasteiger partial charge in [0, 0.05) is 39.4 Å². The highest BCUT2D eigenvalue weighted by Gasteiger charge is 2.13. The minimum atomic E-state index is 1.06. The van der Waals surface area contributed by atoms with Crippen LogP contribution in [0.25, 0.3) is 27.4 Å². The summed E-state index contributed by atoms with van der Waals surface area (Å²) < 4.78 is 2.26. The summed E-state index contributed by atoms with van der Waals surface area (Å²) >= 11 is 0. The van der Waals surface area contributed by atoms with Crippen LogP contribution in [0.5, 0.6) is 0 Å². The van der Waals surface area contributed by atoms with Gasteiger partial charge >= 0.3 is 0 Å². The molecule has 102 valence electrons. The van der Waals surface area contributed by atoms with Gasteiger partial charge in [0.05, 0.1) is 5.52 Å². The van der Waals surface area contributed by atoms with Gasteiger partial charge in [0.25, 0.3) is 0 Å². The van der Waals surface area contributed by atoms with Gasteiger partial charge in [-0.2, -0.15) is 0 Å². The maximum atomic E-state index is 4.76. The van der Waals surface area contributed by atoms with Crippen LogP contribution in [-0.2, 0) is 0 Å². The van der Waals surface area contributed by atoms with Crippen molar-refractivity contribution < 1.29 is 0 Å². The molecule has 2 heterocycles. The first-order valence-electron chi connectivity index (χ1n) is 7.18. The smallest absolute Gasteiger partial charge is 0.0712 e. The topological polar surface area (TPSA) is 17.8 Å². The van der Waals surface area contributed by atoms with Crippen LogP contribution in [0.15, 0.2) is 60.8 Å². The van der Waals surface area contributed by atoms with Crippen molar-refractivity contribution in [2.75, 3.05) is 0 Å². The fourth-order valence-corrected chi connectivity index (χ4v) is 3.16. The van der Waals surface area contributed by atoms with Crippen LogP contribution in [0.3, 0.4) is 0 Å². The molecule has 2 nitrogen and oxygen atoms in total. The van der Waals surface area contributed by atoms with E-state index < -0.39 is 0 Å². The Kier molecular flexibility index (Phi) is 2.58. The molecule has 4 rings (SSSR count). The second-order valence-corrected chi connectivity index (χ2v) is 5.42. The fraction of sp³-hybridized carbons (Fsp3) is 0.105. The number of hydrogen-bond donors (Lipinski definition) is 0. The molecule has 0 radical (unpaired) electrons. The van der Waals surface area contributed by atoms with E-state index in [4.69, 9.17) is 4.98 Å². The summed E-state index contributed by atoms with van der Waals surface area (Å²) in [5, 5.41) is 3.76. The van der Waals surface area contributed by atoms with Crippen molar-refractivity contribution in [2.24, 2.45) is 0 Å². The first-order valence-corrected chi connectivity index (χ1v) is 7.18. The van der Waals surface area contributed by atoms with Gasteiger partial charge in [0.1, 0.15) is 0 Å². The molecule has 0 unspecified atom stereocenters. The number of para-hydroxylation sites is 2. The Labute approximate surface area is 123 Å². The van der Waals surface area contributed by atoms with Crippen LogP contribution in [0.2, 0.25) is 0 Å². The molecule has 0 aliphatic heterocycles. The van der Waals surface area contributed by atoms with Gasteiger partial charge in [-0.25, -0.2) is 0 Å². The summed E-state index contributed by atoms with van der Waals surface area (Å²) in [4.78, 5) is 4.76. The number of fused-ring (bicyclic) bond motifs is 3. The van der Waals surface area contributed by atoms with Crippen LogP contribution in [0.4, 0.5) is 0 Å². The van der Waals surface area contributed by atoms with Gasteiger partial charge in [0.2, 0.25) is 0 Å². The van der Waals surface area contributed by atoms with Crippen molar-refractivity contribution in [3.05, 3.63) is 72.2 Å². The lowest BCUT2D eigenvalue weighted by Gasteiger charge is -2.06. The molecule has 2 aromatic carbocycles. The molecule has 0 aliphatic rings. The predicted octanol–water partition coefficient (Wildman–Crippen LogP) is 4.80. The molecule has 0 saturated carbocycles. The highest BCUT2D eigenvalue weighted by Crippen LogP contribution is 2.31. The van der Waals surface area contributed by atoms with E-state index in [0.29, 0.717) is 0 Å². The Morgan fingerprint density at radius 3 is 2.33 bits per heavy atom. The van der Waals surface area contributed by atoms with Gasteiger partial charge in [-0.1, -0.05) is 36.4 Å². The lowest BCUT2D eigenvalue weighted by molar-refractivity contribution is 1.02. The zero-order chi connectivity index (χ0) is 14.4. The SMILES string of the molecule is Cc1nc2ccccc2c2cn(-c3ccccc3)c(C)c12. The van der Waals surface area contributed by atoms with Crippen molar-refractivity contribution >= 4 is 21.7 Å². The Morgan fingerprint density at radius 2 is 1.52 bits per heavy atom. The average Bonchev–Trinajstić information content (AvgIpc) is 2.87. The standard InChI is InChI=1S/C19H16N2/c1-13-19-14(2)21(15-8-4-3-5-9-15)12-17(19)16-10-6-7-11-18(16)20-13/h3-12H,1-2H3. The van der Waals surface area contributed by atoms with Crippen LogP contribution in [-0.4, -0.2) is 9.55 Å². The molecule has 0 fully saturated rings. The number of hydrogen-bond acceptors (Lipinski definition) is 1. The van der Waals surface area contributed by atoms with E-state index >= 15 is 0 Å². The Balaban J connectivity index is 2.15. The van der Waals surface area contributed by atoms with E-state index in [2.05, 4.69) is 67.1 Å². The lowest BCUT2D eigenvalue weighted by atomic mass is 10.1. The van der Waals surface area contributed by atoms with Crippen LogP contribution < -0.4 is 0 Å². The summed E-state index contributed by atoms with van der Waals surface area (Å²) in [5.41, 5.74) is 4.59. The largest absolute Gasteiger partial charge is 0.320 e. The van der Waals surface area contributed by atoms with E-state index in [9.17, 15) is 0 Å². The molecule has 0 N–H and O–H groups in total. The minimum Gasteiger partial charge on any atom is -0.320 e. The summed E-state index contributed by atoms with van der Waals surface area (Å²) in [6.07, 6.45) is 2.23. The summed E-state index contributed by atoms with van der Waals surface area (Å²) in [6.45, 7) is 4.26. The van der Waals surface area contributed by atoms with Gasteiger partial charge in [0.15, 0.2) is 0 Å². The molecule has 0 amide bonds. The lowest BCUT2D eigenvalue weighted by Crippen LogP contribution is -1.94. The molecule has 2 aromatic heterocycles. The summed E-state index contributed by atoms with van der Waals surface area (Å²) in [7, 11) is 0. The molecule has 2 heteroatoms. The number of aromatic nitrogens is 2. The van der Waals surface area contributed by atoms with E-state index in [1.807, 2.05) is 12.1 Å². The number of rotatable bonds is 1. The Morgan fingerprint density at radius 1 is 0.810 bits per heavy atom. The van der Waals surface area contributed by atoms with Gasteiger partial charge in [-0.15, -0.1) is 0 Å². The number of nitrogens with zero attached hydrogens (tertiary/aromatic N) is 2. The van der Waals surface area contributed by atoms with E-state index in [0.717, 1.165) is 11.2 Å². The van der Waals surface area contributed by atoms with Crippen molar-refractivity contribution in [1.29, 1.82) is 0 Å². The molecule has 4 aromatic rings. The minimum absolute atomic E-state index is 1.06. The van der Waals surface area contributed by atoms with Crippen LogP contribution in [0.1, 0.15) is 11.4 Å². The zero-order valence-corrected chi connectivity index (χ0v) is 12.2. The van der Waals surface area contributed by atoms with E-state index in [1.54, 1.807) is 0 Å². The normalized spacial score (nSPS) is 11.3. The molecule has 0 spiro atoms. The molecule has 0 atom stereocenters. The highest BCUT2D eigenvalue weighted by molar-refractivity contribution is 6.08. The third-order valence-corrected chi connectivity index (χ3v) is 4.13. The summed E-state index contributed by atoms with van der Waals surface area (Å²) in [5.74, 6) is 0. The number of benzene rings is 2. The third kappa shape index (κ3) is 1.76. The van der Waals surface area contributed by atoms with Crippen molar-refractivity contribution in [2.45, 2.75) is 13.8 Å². The number of aryl methyl sites for hydroxylation is 2. The van der Waals surface area contributed by atoms with Gasteiger partial charge in [-0.05, 0) is 32.0 Å². The fourth-order valence-electron chi connectivity index (χ4n) is 3.16. The molecule has 0 saturated heterocycles. The average molecular weight is 272 g/mol. The second kappa shape index (κ2) is 4.45. The number of pyridine rings is 1. The zero-order valence-electron chi connectivity index (χ0n) is 12.2. The first-order chi connectivity index (χ1) is 10.3. The third-order valence-electron chi connectivity index (χ3n) is 4.13. The van der Waals surface area contributed by atoms with Crippen LogP contribution >= 0.6 is 0 Å². The first kappa shape index (κ1) is 12.2. The van der Waals surface area contributed by atoms with Crippen LogP contribution in [0, 0.1) is 13.8 Å². The van der Waals surface area contributed by atoms with Crippen molar-refractivity contribution in [3.8, 4) is 5.69 Å². The molecule has 0 bridgehead atoms. The highest BCUT2D eigenvalue weighted by atomic mass is 15.0. The van der Waals surface area contributed by atoms with Gasteiger partial charge in [-0.3, -0.25) is 4.98 Å². The maximum absolute atomic E-state index is 4.76. The Hall–Kier alpha value is -2.61. The van der Waals surface area contributed by atoms with E-state index in [-0.39, 0.29) is 0 Å². The Bertz CT molecular complexity index is 950.